The number of carbonyl (C=O) groups is 2. The van der Waals surface area contributed by atoms with Crippen molar-refractivity contribution in [2.24, 2.45) is 0 Å². The lowest BCUT2D eigenvalue weighted by molar-refractivity contribution is -0.116. The molecule has 0 saturated carbocycles. The van der Waals surface area contributed by atoms with E-state index in [1.54, 1.807) is 24.3 Å². The van der Waals surface area contributed by atoms with Crippen molar-refractivity contribution in [3.05, 3.63) is 59.1 Å². The van der Waals surface area contributed by atoms with Gasteiger partial charge in [-0.2, -0.15) is 0 Å². The molecule has 0 radical (unpaired) electrons. The van der Waals surface area contributed by atoms with E-state index in [1.165, 1.54) is 43.3 Å². The maximum atomic E-state index is 12.5. The number of benzene rings is 2. The van der Waals surface area contributed by atoms with E-state index in [4.69, 9.17) is 11.6 Å². The van der Waals surface area contributed by atoms with Crippen LogP contribution in [0.2, 0.25) is 5.02 Å². The summed E-state index contributed by atoms with van der Waals surface area (Å²) in [6, 6.07) is 12.3. The molecule has 0 aliphatic carbocycles. The molecule has 0 aliphatic rings. The summed E-state index contributed by atoms with van der Waals surface area (Å²) < 4.78 is 25.9. The number of halogens is 1. The maximum absolute atomic E-state index is 12.5. The lowest BCUT2D eigenvalue weighted by atomic mass is 10.2. The van der Waals surface area contributed by atoms with E-state index in [2.05, 4.69) is 10.0 Å². The van der Waals surface area contributed by atoms with E-state index in [1.807, 2.05) is 0 Å². The average molecular weight is 396 g/mol. The van der Waals surface area contributed by atoms with E-state index in [0.29, 0.717) is 10.7 Å². The van der Waals surface area contributed by atoms with Gasteiger partial charge in [-0.1, -0.05) is 29.8 Å². The van der Waals surface area contributed by atoms with Crippen molar-refractivity contribution >= 4 is 39.1 Å². The first kappa shape index (κ1) is 19.9. The summed E-state index contributed by atoms with van der Waals surface area (Å²) >= 11 is 5.98. The number of rotatable bonds is 6. The highest BCUT2D eigenvalue weighted by atomic mass is 35.5. The predicted octanol–water partition coefficient (Wildman–Crippen LogP) is 1.96. The van der Waals surface area contributed by atoms with Crippen LogP contribution < -0.4 is 10.0 Å². The van der Waals surface area contributed by atoms with Gasteiger partial charge in [-0.25, -0.2) is 13.1 Å². The Morgan fingerprint density at radius 3 is 2.46 bits per heavy atom. The van der Waals surface area contributed by atoms with E-state index in [9.17, 15) is 18.0 Å². The van der Waals surface area contributed by atoms with Crippen LogP contribution >= 0.6 is 11.6 Å². The first-order chi connectivity index (χ1) is 12.2. The highest BCUT2D eigenvalue weighted by Gasteiger charge is 2.18. The van der Waals surface area contributed by atoms with Gasteiger partial charge in [0.1, 0.15) is 0 Å². The van der Waals surface area contributed by atoms with Crippen LogP contribution in [0.5, 0.6) is 0 Å². The number of hydrogen-bond acceptors (Lipinski definition) is 4. The molecule has 2 aromatic rings. The first-order valence-electron chi connectivity index (χ1n) is 7.58. The van der Waals surface area contributed by atoms with Gasteiger partial charge in [-0.05, 0) is 37.4 Å². The molecule has 0 saturated heterocycles. The molecule has 0 spiro atoms. The minimum atomic E-state index is -3.66. The molecule has 0 atom stereocenters. The third-order valence-electron chi connectivity index (χ3n) is 3.54. The summed E-state index contributed by atoms with van der Waals surface area (Å²) in [4.78, 5) is 25.7. The second kappa shape index (κ2) is 8.31. The number of carbonyl (C=O) groups excluding carboxylic acids is 2. The Balaban J connectivity index is 2.09. The quantitative estimate of drug-likeness (QED) is 0.781. The van der Waals surface area contributed by atoms with Crippen LogP contribution in [0.3, 0.4) is 0 Å². The van der Waals surface area contributed by atoms with Gasteiger partial charge in [-0.15, -0.1) is 0 Å². The van der Waals surface area contributed by atoms with Crippen LogP contribution in [0.25, 0.3) is 0 Å². The second-order valence-electron chi connectivity index (χ2n) is 5.42. The highest BCUT2D eigenvalue weighted by molar-refractivity contribution is 7.89. The van der Waals surface area contributed by atoms with Crippen molar-refractivity contribution in [2.75, 3.05) is 26.0 Å². The summed E-state index contributed by atoms with van der Waals surface area (Å²) in [7, 11) is -0.924. The highest BCUT2D eigenvalue weighted by Crippen LogP contribution is 2.20. The topological polar surface area (TPSA) is 95.6 Å². The van der Waals surface area contributed by atoms with Crippen LogP contribution in [0.15, 0.2) is 53.4 Å². The molecule has 9 heteroatoms. The van der Waals surface area contributed by atoms with Crippen molar-refractivity contribution in [1.29, 1.82) is 0 Å². The third-order valence-corrected chi connectivity index (χ3v) is 5.28. The van der Waals surface area contributed by atoms with Crippen molar-refractivity contribution in [3.8, 4) is 0 Å². The Hall–Kier alpha value is -2.42. The summed E-state index contributed by atoms with van der Waals surface area (Å²) in [6.45, 7) is -0.215. The molecule has 0 heterocycles. The second-order valence-corrected chi connectivity index (χ2v) is 7.72. The van der Waals surface area contributed by atoms with Crippen LogP contribution in [-0.4, -0.2) is 45.8 Å². The Labute approximate surface area is 157 Å². The molecular weight excluding hydrogens is 378 g/mol. The molecule has 2 N–H and O–H groups in total. The molecule has 2 amide bonds. The number of para-hydroxylation sites is 1. The fourth-order valence-corrected chi connectivity index (χ4v) is 3.13. The Kier molecular flexibility index (Phi) is 6.36. The van der Waals surface area contributed by atoms with E-state index < -0.39 is 21.8 Å². The molecule has 0 aromatic heterocycles. The molecule has 2 rings (SSSR count). The number of anilines is 1. The summed E-state index contributed by atoms with van der Waals surface area (Å²) in [5.41, 5.74) is 0.608. The molecule has 26 heavy (non-hydrogen) atoms. The van der Waals surface area contributed by atoms with Crippen LogP contribution in [-0.2, 0) is 14.8 Å². The Morgan fingerprint density at radius 1 is 1.12 bits per heavy atom. The standard InChI is InChI=1S/C17H18ClN3O4S/c1-19-26(24,25)13-7-5-6-12(10-13)17(23)21(2)11-16(22)20-15-9-4-3-8-14(15)18/h3-10,19H,11H2,1-2H3,(H,20,22). The Bertz CT molecular complexity index is 931. The predicted molar refractivity (Wildman–Crippen MR) is 99.7 cm³/mol. The zero-order chi connectivity index (χ0) is 19.3. The number of amides is 2. The smallest absolute Gasteiger partial charge is 0.254 e. The van der Waals surface area contributed by atoms with Gasteiger partial charge in [0.2, 0.25) is 15.9 Å². The fourth-order valence-electron chi connectivity index (χ4n) is 2.17. The summed E-state index contributed by atoms with van der Waals surface area (Å²) in [5, 5.41) is 3.01. The van der Waals surface area contributed by atoms with Gasteiger partial charge in [0.15, 0.2) is 0 Å². The Morgan fingerprint density at radius 2 is 1.81 bits per heavy atom. The largest absolute Gasteiger partial charge is 0.332 e. The minimum Gasteiger partial charge on any atom is -0.332 e. The van der Waals surface area contributed by atoms with Gasteiger partial charge in [0, 0.05) is 12.6 Å². The molecular formula is C17H18ClN3O4S. The average Bonchev–Trinajstić information content (AvgIpc) is 2.63. The van der Waals surface area contributed by atoms with E-state index in [0.717, 1.165) is 0 Å². The van der Waals surface area contributed by atoms with Gasteiger partial charge >= 0.3 is 0 Å². The third kappa shape index (κ3) is 4.81. The maximum Gasteiger partial charge on any atom is 0.254 e. The van der Waals surface area contributed by atoms with Gasteiger partial charge < -0.3 is 10.2 Å². The molecule has 0 fully saturated rings. The molecule has 0 bridgehead atoms. The number of likely N-dealkylation sites (N-methyl/N-ethyl adjacent to an activating group) is 1. The lowest BCUT2D eigenvalue weighted by Gasteiger charge is -2.17. The van der Waals surface area contributed by atoms with Gasteiger partial charge in [-0.3, -0.25) is 9.59 Å². The fraction of sp³-hybridized carbons (Fsp3) is 0.176. The number of nitrogens with zero attached hydrogens (tertiary/aromatic N) is 1. The van der Waals surface area contributed by atoms with Crippen LogP contribution in [0, 0.1) is 0 Å². The molecule has 7 nitrogen and oxygen atoms in total. The molecule has 0 unspecified atom stereocenters. The number of hydrogen-bond donors (Lipinski definition) is 2. The van der Waals surface area contributed by atoms with Gasteiger partial charge in [0.25, 0.3) is 5.91 Å². The number of sulfonamides is 1. The zero-order valence-corrected chi connectivity index (χ0v) is 15.8. The zero-order valence-electron chi connectivity index (χ0n) is 14.2. The minimum absolute atomic E-state index is 0.0280. The van der Waals surface area contributed by atoms with E-state index in [-0.39, 0.29) is 17.0 Å². The first-order valence-corrected chi connectivity index (χ1v) is 9.44. The van der Waals surface area contributed by atoms with Crippen molar-refractivity contribution < 1.29 is 18.0 Å². The number of nitrogens with one attached hydrogen (secondary N) is 2. The van der Waals surface area contributed by atoms with Crippen molar-refractivity contribution in [1.82, 2.24) is 9.62 Å². The van der Waals surface area contributed by atoms with Crippen molar-refractivity contribution in [2.45, 2.75) is 4.90 Å². The lowest BCUT2D eigenvalue weighted by Crippen LogP contribution is -2.35. The SMILES string of the molecule is CNS(=O)(=O)c1cccc(C(=O)N(C)CC(=O)Nc2ccccc2Cl)c1. The van der Waals surface area contributed by atoms with Crippen LogP contribution in [0.4, 0.5) is 5.69 Å². The van der Waals surface area contributed by atoms with Gasteiger partial charge in [0.05, 0.1) is 22.2 Å². The monoisotopic (exact) mass is 395 g/mol. The van der Waals surface area contributed by atoms with E-state index >= 15 is 0 Å². The summed E-state index contributed by atoms with van der Waals surface area (Å²) in [5.74, 6) is -0.902. The molecule has 138 valence electrons. The summed E-state index contributed by atoms with van der Waals surface area (Å²) in [6.07, 6.45) is 0. The molecule has 0 aliphatic heterocycles. The normalized spacial score (nSPS) is 11.0. The van der Waals surface area contributed by atoms with Crippen molar-refractivity contribution in [3.63, 3.8) is 0 Å². The van der Waals surface area contributed by atoms with Crippen LogP contribution in [0.1, 0.15) is 10.4 Å². The molecule has 2 aromatic carbocycles.